The van der Waals surface area contributed by atoms with Crippen LogP contribution in [0.4, 0.5) is 4.79 Å². The second kappa shape index (κ2) is 7.33. The van der Waals surface area contributed by atoms with Crippen LogP contribution in [0.1, 0.15) is 29.9 Å². The lowest BCUT2D eigenvalue weighted by Gasteiger charge is -2.31. The maximum absolute atomic E-state index is 12.2. The number of carbonyl (C=O) groups excluding carboxylic acids is 1. The van der Waals surface area contributed by atoms with Gasteiger partial charge in [-0.2, -0.15) is 11.8 Å². The van der Waals surface area contributed by atoms with Gasteiger partial charge in [-0.3, -0.25) is 0 Å². The SMILES string of the molecule is O=C(NCC1(O)CCCSC1)OCC1c2ccccc2-c2ccccc21. The second-order valence-corrected chi connectivity index (χ2v) is 8.16. The van der Waals surface area contributed by atoms with E-state index in [0.717, 1.165) is 18.6 Å². The molecule has 0 bridgehead atoms. The average molecular weight is 369 g/mol. The fourth-order valence-electron chi connectivity index (χ4n) is 3.86. The van der Waals surface area contributed by atoms with Crippen LogP contribution in [0.3, 0.4) is 0 Å². The van der Waals surface area contributed by atoms with Crippen molar-refractivity contribution in [2.24, 2.45) is 0 Å². The number of ether oxygens (including phenoxy) is 1. The lowest BCUT2D eigenvalue weighted by atomic mass is 9.98. The Bertz CT molecular complexity index is 756. The predicted molar refractivity (Wildman–Crippen MR) is 105 cm³/mol. The molecule has 0 aromatic heterocycles. The van der Waals surface area contributed by atoms with Gasteiger partial charge in [-0.25, -0.2) is 4.79 Å². The zero-order valence-corrected chi connectivity index (χ0v) is 15.4. The van der Waals surface area contributed by atoms with Crippen LogP contribution < -0.4 is 5.32 Å². The molecule has 1 saturated heterocycles. The summed E-state index contributed by atoms with van der Waals surface area (Å²) >= 11 is 1.73. The number of fused-ring (bicyclic) bond motifs is 3. The van der Waals surface area contributed by atoms with Crippen LogP contribution in [-0.4, -0.2) is 41.5 Å². The fourth-order valence-corrected chi connectivity index (χ4v) is 4.98. The molecular formula is C21H23NO3S. The van der Waals surface area contributed by atoms with E-state index >= 15 is 0 Å². The Kier molecular flexibility index (Phi) is 4.92. The normalized spacial score (nSPS) is 21.7. The van der Waals surface area contributed by atoms with E-state index in [2.05, 4.69) is 29.6 Å². The van der Waals surface area contributed by atoms with E-state index in [9.17, 15) is 9.90 Å². The van der Waals surface area contributed by atoms with Gasteiger partial charge >= 0.3 is 6.09 Å². The number of nitrogens with one attached hydrogen (secondary N) is 1. The number of aliphatic hydroxyl groups is 1. The molecular weight excluding hydrogens is 346 g/mol. The summed E-state index contributed by atoms with van der Waals surface area (Å²) in [5, 5.41) is 13.2. The number of carbonyl (C=O) groups is 1. The van der Waals surface area contributed by atoms with E-state index < -0.39 is 11.7 Å². The fraction of sp³-hybridized carbons (Fsp3) is 0.381. The highest BCUT2D eigenvalue weighted by molar-refractivity contribution is 7.99. The summed E-state index contributed by atoms with van der Waals surface area (Å²) in [5.74, 6) is 1.80. The van der Waals surface area contributed by atoms with Crippen molar-refractivity contribution >= 4 is 17.9 Å². The summed E-state index contributed by atoms with van der Waals surface area (Å²) < 4.78 is 5.51. The number of rotatable bonds is 4. The third-order valence-corrected chi connectivity index (χ3v) is 6.53. The smallest absolute Gasteiger partial charge is 0.407 e. The minimum Gasteiger partial charge on any atom is -0.449 e. The molecule has 2 aromatic carbocycles. The molecule has 26 heavy (non-hydrogen) atoms. The number of hydrogen-bond donors (Lipinski definition) is 2. The molecule has 1 aliphatic heterocycles. The standard InChI is InChI=1S/C21H23NO3S/c23-20(22-13-21(24)10-5-11-26-14-21)25-12-19-17-8-3-1-6-15(17)16-7-2-4-9-18(16)19/h1-4,6-9,19,24H,5,10-14H2,(H,22,23). The molecule has 0 radical (unpaired) electrons. The van der Waals surface area contributed by atoms with Crippen LogP contribution in [-0.2, 0) is 4.74 Å². The number of benzene rings is 2. The first-order valence-electron chi connectivity index (χ1n) is 9.05. The molecule has 0 saturated carbocycles. The lowest BCUT2D eigenvalue weighted by molar-refractivity contribution is 0.0494. The average Bonchev–Trinajstić information content (AvgIpc) is 2.99. The van der Waals surface area contributed by atoms with E-state index in [4.69, 9.17) is 4.74 Å². The molecule has 4 nitrogen and oxygen atoms in total. The van der Waals surface area contributed by atoms with Crippen molar-refractivity contribution < 1.29 is 14.6 Å². The quantitative estimate of drug-likeness (QED) is 0.861. The molecule has 1 atom stereocenters. The lowest BCUT2D eigenvalue weighted by Crippen LogP contribution is -2.46. The minimum atomic E-state index is -0.811. The van der Waals surface area contributed by atoms with Gasteiger partial charge in [0.25, 0.3) is 0 Å². The van der Waals surface area contributed by atoms with Crippen LogP contribution in [0.25, 0.3) is 11.1 Å². The summed E-state index contributed by atoms with van der Waals surface area (Å²) in [5.41, 5.74) is 4.01. The van der Waals surface area contributed by atoms with Gasteiger partial charge in [-0.15, -0.1) is 0 Å². The van der Waals surface area contributed by atoms with Gasteiger partial charge in [-0.05, 0) is 40.8 Å². The number of hydrogen-bond acceptors (Lipinski definition) is 4. The van der Waals surface area contributed by atoms with Crippen LogP contribution in [0.15, 0.2) is 48.5 Å². The summed E-state index contributed by atoms with van der Waals surface area (Å²) in [6.07, 6.45) is 1.24. The Morgan fingerprint density at radius 3 is 2.42 bits per heavy atom. The maximum Gasteiger partial charge on any atom is 0.407 e. The predicted octanol–water partition coefficient (Wildman–Crippen LogP) is 3.78. The van der Waals surface area contributed by atoms with Crippen molar-refractivity contribution in [1.82, 2.24) is 5.32 Å². The molecule has 136 valence electrons. The third-order valence-electron chi connectivity index (χ3n) is 5.21. The molecule has 1 fully saturated rings. The van der Waals surface area contributed by atoms with E-state index in [-0.39, 0.29) is 12.5 Å². The first-order chi connectivity index (χ1) is 12.7. The second-order valence-electron chi connectivity index (χ2n) is 7.06. The van der Waals surface area contributed by atoms with Crippen LogP contribution in [0.2, 0.25) is 0 Å². The summed E-state index contributed by atoms with van der Waals surface area (Å²) in [6.45, 7) is 0.545. The first-order valence-corrected chi connectivity index (χ1v) is 10.2. The van der Waals surface area contributed by atoms with Crippen molar-refractivity contribution in [3.05, 3.63) is 59.7 Å². The zero-order chi connectivity index (χ0) is 18.0. The van der Waals surface area contributed by atoms with Crippen molar-refractivity contribution in [2.75, 3.05) is 24.7 Å². The highest BCUT2D eigenvalue weighted by Gasteiger charge is 2.31. The zero-order valence-electron chi connectivity index (χ0n) is 14.6. The largest absolute Gasteiger partial charge is 0.449 e. The van der Waals surface area contributed by atoms with Crippen molar-refractivity contribution in [2.45, 2.75) is 24.4 Å². The summed E-state index contributed by atoms with van der Waals surface area (Å²) in [6, 6.07) is 16.5. The number of alkyl carbamates (subject to hydrolysis) is 1. The monoisotopic (exact) mass is 369 g/mol. The molecule has 4 rings (SSSR count). The van der Waals surface area contributed by atoms with Gasteiger partial charge in [0.15, 0.2) is 0 Å². The molecule has 1 aliphatic carbocycles. The Labute approximate surface area is 158 Å². The van der Waals surface area contributed by atoms with Gasteiger partial charge in [0.1, 0.15) is 6.61 Å². The summed E-state index contributed by atoms with van der Waals surface area (Å²) in [4.78, 5) is 12.2. The van der Waals surface area contributed by atoms with Crippen molar-refractivity contribution in [3.8, 4) is 11.1 Å². The highest BCUT2D eigenvalue weighted by Crippen LogP contribution is 2.44. The molecule has 0 spiro atoms. The van der Waals surface area contributed by atoms with E-state index in [1.54, 1.807) is 11.8 Å². The van der Waals surface area contributed by atoms with Crippen LogP contribution in [0.5, 0.6) is 0 Å². The van der Waals surface area contributed by atoms with E-state index in [1.165, 1.54) is 22.3 Å². The van der Waals surface area contributed by atoms with E-state index in [0.29, 0.717) is 12.4 Å². The Morgan fingerprint density at radius 1 is 1.15 bits per heavy atom. The molecule has 2 aromatic rings. The molecule has 1 heterocycles. The Hall–Kier alpha value is -1.98. The topological polar surface area (TPSA) is 58.6 Å². The number of amides is 1. The minimum absolute atomic E-state index is 0.0569. The van der Waals surface area contributed by atoms with Gasteiger partial charge < -0.3 is 15.2 Å². The van der Waals surface area contributed by atoms with Gasteiger partial charge in [-0.1, -0.05) is 48.5 Å². The summed E-state index contributed by atoms with van der Waals surface area (Å²) in [7, 11) is 0. The third kappa shape index (κ3) is 3.46. The Morgan fingerprint density at radius 2 is 1.81 bits per heavy atom. The molecule has 2 N–H and O–H groups in total. The van der Waals surface area contributed by atoms with Gasteiger partial charge in [0.05, 0.1) is 12.1 Å². The van der Waals surface area contributed by atoms with Crippen molar-refractivity contribution in [1.29, 1.82) is 0 Å². The molecule has 5 heteroatoms. The Balaban J connectivity index is 1.39. The maximum atomic E-state index is 12.2. The van der Waals surface area contributed by atoms with Gasteiger partial charge in [0.2, 0.25) is 0 Å². The highest BCUT2D eigenvalue weighted by atomic mass is 32.2. The number of thioether (sulfide) groups is 1. The van der Waals surface area contributed by atoms with Gasteiger partial charge in [0, 0.05) is 11.7 Å². The molecule has 1 amide bonds. The molecule has 2 aliphatic rings. The van der Waals surface area contributed by atoms with Crippen molar-refractivity contribution in [3.63, 3.8) is 0 Å². The molecule has 1 unspecified atom stereocenters. The van der Waals surface area contributed by atoms with Crippen LogP contribution in [0, 0.1) is 0 Å². The first kappa shape index (κ1) is 17.4. The van der Waals surface area contributed by atoms with E-state index in [1.807, 2.05) is 24.3 Å². The van der Waals surface area contributed by atoms with Crippen LogP contribution >= 0.6 is 11.8 Å².